The number of fused-ring (bicyclic) bond motifs is 1. The van der Waals surface area contributed by atoms with Gasteiger partial charge in [0, 0.05) is 50.9 Å². The van der Waals surface area contributed by atoms with Gasteiger partial charge in [0.05, 0.1) is 0 Å². The number of likely N-dealkylation sites (tertiary alicyclic amines) is 1. The van der Waals surface area contributed by atoms with E-state index < -0.39 is 0 Å². The average Bonchev–Trinajstić information content (AvgIpc) is 3.40. The zero-order chi connectivity index (χ0) is 19.5. The van der Waals surface area contributed by atoms with E-state index in [1.54, 1.807) is 17.0 Å². The minimum absolute atomic E-state index is 0.0303. The highest BCUT2D eigenvalue weighted by Gasteiger charge is 2.31. The van der Waals surface area contributed by atoms with E-state index >= 15 is 0 Å². The van der Waals surface area contributed by atoms with Crippen molar-refractivity contribution >= 4 is 23.5 Å². The molecular weight excluding hydrogens is 364 g/mol. The molecule has 9 nitrogen and oxygen atoms in total. The lowest BCUT2D eigenvalue weighted by Crippen LogP contribution is -2.40. The zero-order valence-corrected chi connectivity index (χ0v) is 15.7. The predicted octanol–water partition coefficient (Wildman–Crippen LogP) is 0.786. The lowest BCUT2D eigenvalue weighted by Gasteiger charge is -2.19. The van der Waals surface area contributed by atoms with Gasteiger partial charge < -0.3 is 24.6 Å². The van der Waals surface area contributed by atoms with Gasteiger partial charge in [-0.1, -0.05) is 0 Å². The number of carbonyl (C=O) groups is 3. The molecule has 0 bridgehead atoms. The van der Waals surface area contributed by atoms with Crippen molar-refractivity contribution in [2.24, 2.45) is 0 Å². The molecule has 0 aromatic heterocycles. The van der Waals surface area contributed by atoms with Crippen molar-refractivity contribution < 1.29 is 23.9 Å². The first kappa shape index (κ1) is 18.4. The molecule has 28 heavy (non-hydrogen) atoms. The number of ether oxygens (including phenoxy) is 2. The molecule has 0 aliphatic carbocycles. The molecule has 0 radical (unpaired) electrons. The number of nitrogens with zero attached hydrogens (tertiary/aromatic N) is 3. The van der Waals surface area contributed by atoms with Crippen LogP contribution in [0.1, 0.15) is 19.3 Å². The highest BCUT2D eigenvalue weighted by Crippen LogP contribution is 2.36. The molecule has 4 rings (SSSR count). The van der Waals surface area contributed by atoms with Crippen molar-refractivity contribution in [1.82, 2.24) is 15.1 Å². The van der Waals surface area contributed by atoms with Gasteiger partial charge in [0.1, 0.15) is 6.54 Å². The molecule has 2 fully saturated rings. The van der Waals surface area contributed by atoms with Crippen molar-refractivity contribution in [3.63, 3.8) is 0 Å². The van der Waals surface area contributed by atoms with Gasteiger partial charge in [-0.2, -0.15) is 0 Å². The number of rotatable bonds is 7. The van der Waals surface area contributed by atoms with Gasteiger partial charge in [-0.3, -0.25) is 14.5 Å². The number of anilines is 1. The third-order valence-electron chi connectivity index (χ3n) is 5.20. The van der Waals surface area contributed by atoms with E-state index in [9.17, 15) is 14.4 Å². The summed E-state index contributed by atoms with van der Waals surface area (Å²) in [5.41, 5.74) is 0.729. The molecule has 0 atom stereocenters. The summed E-state index contributed by atoms with van der Waals surface area (Å²) in [6, 6.07) is 5.18. The number of hydrogen-bond acceptors (Lipinski definition) is 5. The van der Waals surface area contributed by atoms with Gasteiger partial charge >= 0.3 is 6.03 Å². The van der Waals surface area contributed by atoms with Gasteiger partial charge in [0.25, 0.3) is 0 Å². The minimum atomic E-state index is -0.198. The highest BCUT2D eigenvalue weighted by atomic mass is 16.7. The Morgan fingerprint density at radius 2 is 1.93 bits per heavy atom. The van der Waals surface area contributed by atoms with Crippen molar-refractivity contribution in [3.8, 4) is 11.5 Å². The molecule has 3 aliphatic rings. The summed E-state index contributed by atoms with van der Waals surface area (Å²) in [6.45, 7) is 3.19. The minimum Gasteiger partial charge on any atom is -0.454 e. The number of amides is 4. The molecule has 3 aliphatic heterocycles. The first-order chi connectivity index (χ1) is 13.6. The molecular formula is C19H24N4O5. The molecule has 1 N–H and O–H groups in total. The zero-order valence-electron chi connectivity index (χ0n) is 15.7. The second-order valence-electron chi connectivity index (χ2n) is 7.08. The molecule has 1 aromatic carbocycles. The van der Waals surface area contributed by atoms with Gasteiger partial charge in [-0.15, -0.1) is 0 Å². The maximum atomic E-state index is 12.6. The third kappa shape index (κ3) is 3.83. The van der Waals surface area contributed by atoms with Crippen LogP contribution in [0.15, 0.2) is 18.2 Å². The van der Waals surface area contributed by atoms with Crippen LogP contribution in [-0.4, -0.2) is 73.7 Å². The van der Waals surface area contributed by atoms with Crippen LogP contribution in [0, 0.1) is 0 Å². The van der Waals surface area contributed by atoms with Crippen molar-refractivity contribution in [2.45, 2.75) is 19.3 Å². The maximum absolute atomic E-state index is 12.6. The molecule has 0 unspecified atom stereocenters. The fourth-order valence-electron chi connectivity index (χ4n) is 3.69. The monoisotopic (exact) mass is 388 g/mol. The Labute approximate surface area is 163 Å². The van der Waals surface area contributed by atoms with E-state index in [0.717, 1.165) is 25.1 Å². The van der Waals surface area contributed by atoms with Crippen LogP contribution in [0.2, 0.25) is 0 Å². The van der Waals surface area contributed by atoms with E-state index in [2.05, 4.69) is 5.32 Å². The van der Waals surface area contributed by atoms with E-state index in [-0.39, 0.29) is 31.2 Å². The predicted molar refractivity (Wildman–Crippen MR) is 100 cm³/mol. The third-order valence-corrected chi connectivity index (χ3v) is 5.20. The van der Waals surface area contributed by atoms with E-state index in [0.29, 0.717) is 44.1 Å². The fourth-order valence-corrected chi connectivity index (χ4v) is 3.69. The van der Waals surface area contributed by atoms with Crippen LogP contribution in [0.5, 0.6) is 11.5 Å². The summed E-state index contributed by atoms with van der Waals surface area (Å²) in [4.78, 5) is 41.3. The SMILES string of the molecule is O=C(CN1CCN(c2ccc3c(c2)OCO3)C1=O)NCCCN1CCCC1=O. The number of urea groups is 1. The van der Waals surface area contributed by atoms with Crippen molar-refractivity contribution in [1.29, 1.82) is 0 Å². The Bertz CT molecular complexity index is 784. The Balaban J connectivity index is 1.22. The lowest BCUT2D eigenvalue weighted by atomic mass is 10.2. The van der Waals surface area contributed by atoms with Crippen molar-refractivity contribution in [3.05, 3.63) is 18.2 Å². The summed E-state index contributed by atoms with van der Waals surface area (Å²) in [5, 5.41) is 2.83. The van der Waals surface area contributed by atoms with Crippen LogP contribution < -0.4 is 19.7 Å². The van der Waals surface area contributed by atoms with E-state index in [1.807, 2.05) is 11.0 Å². The second-order valence-corrected chi connectivity index (χ2v) is 7.08. The topological polar surface area (TPSA) is 91.4 Å². The second kappa shape index (κ2) is 7.95. The summed E-state index contributed by atoms with van der Waals surface area (Å²) >= 11 is 0. The van der Waals surface area contributed by atoms with Crippen LogP contribution in [0.4, 0.5) is 10.5 Å². The number of benzene rings is 1. The number of carbonyl (C=O) groups excluding carboxylic acids is 3. The molecule has 4 amide bonds. The van der Waals surface area contributed by atoms with Gasteiger partial charge in [-0.25, -0.2) is 4.79 Å². The molecule has 0 saturated carbocycles. The maximum Gasteiger partial charge on any atom is 0.325 e. The Morgan fingerprint density at radius 1 is 1.07 bits per heavy atom. The normalized spacial score (nSPS) is 18.4. The van der Waals surface area contributed by atoms with Gasteiger partial charge in [0.2, 0.25) is 18.6 Å². The van der Waals surface area contributed by atoms with E-state index in [1.165, 1.54) is 4.90 Å². The van der Waals surface area contributed by atoms with Crippen LogP contribution >= 0.6 is 0 Å². The molecule has 1 aromatic rings. The first-order valence-electron chi connectivity index (χ1n) is 9.62. The lowest BCUT2D eigenvalue weighted by molar-refractivity contribution is -0.127. The fraction of sp³-hybridized carbons (Fsp3) is 0.526. The Kier molecular flexibility index (Phi) is 5.23. The molecule has 0 spiro atoms. The summed E-state index contributed by atoms with van der Waals surface area (Å²) < 4.78 is 10.7. The quantitative estimate of drug-likeness (QED) is 0.698. The molecule has 9 heteroatoms. The largest absolute Gasteiger partial charge is 0.454 e. The first-order valence-corrected chi connectivity index (χ1v) is 9.62. The number of hydrogen-bond donors (Lipinski definition) is 1. The standard InChI is InChI=1S/C19H24N4O5/c24-17(20-6-2-8-21-7-1-3-18(21)25)12-22-9-10-23(19(22)26)14-4-5-15-16(11-14)28-13-27-15/h4-5,11H,1-3,6-10,12-13H2,(H,20,24). The summed E-state index contributed by atoms with van der Waals surface area (Å²) in [6.07, 6.45) is 2.26. The van der Waals surface area contributed by atoms with E-state index in [4.69, 9.17) is 9.47 Å². The van der Waals surface area contributed by atoms with Crippen LogP contribution in [-0.2, 0) is 9.59 Å². The van der Waals surface area contributed by atoms with Gasteiger partial charge in [-0.05, 0) is 25.0 Å². The Hall–Kier alpha value is -2.97. The Morgan fingerprint density at radius 3 is 2.75 bits per heavy atom. The number of nitrogens with one attached hydrogen (secondary N) is 1. The smallest absolute Gasteiger partial charge is 0.325 e. The summed E-state index contributed by atoms with van der Waals surface area (Å²) in [5.74, 6) is 1.30. The summed E-state index contributed by atoms with van der Waals surface area (Å²) in [7, 11) is 0. The van der Waals surface area contributed by atoms with Crippen molar-refractivity contribution in [2.75, 3.05) is 51.0 Å². The molecule has 3 heterocycles. The van der Waals surface area contributed by atoms with Crippen LogP contribution in [0.3, 0.4) is 0 Å². The molecule has 150 valence electrons. The highest BCUT2D eigenvalue weighted by molar-refractivity contribution is 5.96. The molecule has 2 saturated heterocycles. The van der Waals surface area contributed by atoms with Gasteiger partial charge in [0.15, 0.2) is 11.5 Å². The van der Waals surface area contributed by atoms with Crippen LogP contribution in [0.25, 0.3) is 0 Å². The average molecular weight is 388 g/mol.